The minimum absolute atomic E-state index is 0.206. The molecule has 1 atom stereocenters. The van der Waals surface area contributed by atoms with Crippen LogP contribution in [0.4, 0.5) is 11.4 Å². The fourth-order valence-corrected chi connectivity index (χ4v) is 2.68. The highest BCUT2D eigenvalue weighted by Crippen LogP contribution is 2.46. The number of fused-ring (bicyclic) bond motifs is 1. The first kappa shape index (κ1) is 10.8. The Hall–Kier alpha value is -1.38. The van der Waals surface area contributed by atoms with Crippen LogP contribution in [0.15, 0.2) is 18.2 Å². The first-order valence-corrected chi connectivity index (χ1v) is 6.51. The van der Waals surface area contributed by atoms with Crippen LogP contribution in [0.2, 0.25) is 0 Å². The summed E-state index contributed by atoms with van der Waals surface area (Å²) < 4.78 is 5.65. The topological polar surface area (TPSA) is 33.3 Å². The van der Waals surface area contributed by atoms with Crippen molar-refractivity contribution in [3.05, 3.63) is 18.2 Å². The molecule has 92 valence electrons. The zero-order valence-electron chi connectivity index (χ0n) is 10.5. The van der Waals surface area contributed by atoms with Crippen LogP contribution < -0.4 is 15.4 Å². The lowest BCUT2D eigenvalue weighted by molar-refractivity contribution is 0.340. The Morgan fingerprint density at radius 1 is 1.41 bits per heavy atom. The molecule has 3 nitrogen and oxygen atoms in total. The van der Waals surface area contributed by atoms with Crippen LogP contribution in [-0.2, 0) is 0 Å². The zero-order chi connectivity index (χ0) is 11.9. The van der Waals surface area contributed by atoms with Crippen molar-refractivity contribution < 1.29 is 4.74 Å². The molecule has 1 aliphatic carbocycles. The van der Waals surface area contributed by atoms with E-state index in [0.717, 1.165) is 23.9 Å². The molecule has 3 heteroatoms. The lowest BCUT2D eigenvalue weighted by Gasteiger charge is -2.38. The smallest absolute Gasteiger partial charge is 0.144 e. The highest BCUT2D eigenvalue weighted by atomic mass is 16.5. The van der Waals surface area contributed by atoms with E-state index >= 15 is 0 Å². The number of rotatable bonds is 3. The molecule has 0 amide bonds. The second-order valence-electron chi connectivity index (χ2n) is 5.28. The minimum Gasteiger partial charge on any atom is -0.492 e. The molecule has 2 N–H and O–H groups in total. The van der Waals surface area contributed by atoms with Crippen LogP contribution in [0.3, 0.4) is 0 Å². The summed E-state index contributed by atoms with van der Waals surface area (Å²) in [5.74, 6) is 1.77. The molecule has 1 fully saturated rings. The minimum atomic E-state index is 0.206. The Morgan fingerprint density at radius 3 is 2.94 bits per heavy atom. The Bertz CT molecular complexity index is 428. The monoisotopic (exact) mass is 232 g/mol. The molecule has 0 aromatic heterocycles. The molecule has 17 heavy (non-hydrogen) atoms. The third-order valence-corrected chi connectivity index (χ3v) is 3.86. The first-order valence-electron chi connectivity index (χ1n) is 6.51. The maximum atomic E-state index is 5.65. The van der Waals surface area contributed by atoms with Gasteiger partial charge in [-0.15, -0.1) is 0 Å². The van der Waals surface area contributed by atoms with Crippen LogP contribution in [-0.4, -0.2) is 18.7 Å². The highest BCUT2D eigenvalue weighted by molar-refractivity contribution is 5.78. The summed E-state index contributed by atoms with van der Waals surface area (Å²) in [6, 6.07) is 6.21. The lowest BCUT2D eigenvalue weighted by Crippen LogP contribution is -2.47. The van der Waals surface area contributed by atoms with Crippen molar-refractivity contribution >= 4 is 11.4 Å². The number of hydrogen-bond donors (Lipinski definition) is 2. The van der Waals surface area contributed by atoms with Gasteiger partial charge in [0, 0.05) is 6.54 Å². The number of anilines is 2. The van der Waals surface area contributed by atoms with Gasteiger partial charge in [-0.1, -0.05) is 6.07 Å². The summed E-state index contributed by atoms with van der Waals surface area (Å²) in [6.45, 7) is 6.02. The van der Waals surface area contributed by atoms with Crippen LogP contribution >= 0.6 is 0 Å². The molecule has 1 aromatic rings. The van der Waals surface area contributed by atoms with Crippen LogP contribution in [0.25, 0.3) is 0 Å². The normalized spacial score (nSPS) is 26.7. The van der Waals surface area contributed by atoms with Crippen LogP contribution in [0.1, 0.15) is 26.7 Å². The van der Waals surface area contributed by atoms with E-state index in [1.54, 1.807) is 0 Å². The van der Waals surface area contributed by atoms with Gasteiger partial charge in [-0.05, 0) is 44.7 Å². The number of benzene rings is 1. The molecule has 0 radical (unpaired) electrons. The van der Waals surface area contributed by atoms with Crippen LogP contribution in [0.5, 0.6) is 5.75 Å². The van der Waals surface area contributed by atoms with E-state index in [2.05, 4.69) is 29.7 Å². The Labute approximate surface area is 103 Å². The standard InChI is InChI=1S/C14H20N2O/c1-3-17-12-6-4-5-11-13(12)15-9-14(2,16-11)10-7-8-10/h4-6,10,15-16H,3,7-9H2,1-2H3. The van der Waals surface area contributed by atoms with Gasteiger partial charge >= 0.3 is 0 Å². The average Bonchev–Trinajstić information content (AvgIpc) is 3.13. The largest absolute Gasteiger partial charge is 0.492 e. The van der Waals surface area contributed by atoms with Crippen molar-refractivity contribution in [1.82, 2.24) is 0 Å². The highest BCUT2D eigenvalue weighted by Gasteiger charge is 2.43. The summed E-state index contributed by atoms with van der Waals surface area (Å²) >= 11 is 0. The number of ether oxygens (including phenoxy) is 1. The summed E-state index contributed by atoms with van der Waals surface area (Å²) in [4.78, 5) is 0. The van der Waals surface area contributed by atoms with Crippen molar-refractivity contribution in [1.29, 1.82) is 0 Å². The van der Waals surface area contributed by atoms with E-state index in [1.807, 2.05) is 13.0 Å². The van der Waals surface area contributed by atoms with Crippen molar-refractivity contribution in [2.24, 2.45) is 5.92 Å². The lowest BCUT2D eigenvalue weighted by atomic mass is 9.92. The number of para-hydroxylation sites is 1. The van der Waals surface area contributed by atoms with Crippen molar-refractivity contribution in [2.45, 2.75) is 32.2 Å². The summed E-state index contributed by atoms with van der Waals surface area (Å²) in [5, 5.41) is 7.23. The molecule has 2 aliphatic rings. The third-order valence-electron chi connectivity index (χ3n) is 3.86. The van der Waals surface area contributed by atoms with Crippen LogP contribution in [0, 0.1) is 5.92 Å². The predicted octanol–water partition coefficient (Wildman–Crippen LogP) is 3.09. The van der Waals surface area contributed by atoms with Gasteiger partial charge in [0.1, 0.15) is 11.4 Å². The Balaban J connectivity index is 1.90. The van der Waals surface area contributed by atoms with Crippen molar-refractivity contribution in [2.75, 3.05) is 23.8 Å². The van der Waals surface area contributed by atoms with E-state index in [1.165, 1.54) is 18.5 Å². The molecule has 0 spiro atoms. The fourth-order valence-electron chi connectivity index (χ4n) is 2.68. The predicted molar refractivity (Wildman–Crippen MR) is 70.9 cm³/mol. The maximum Gasteiger partial charge on any atom is 0.144 e. The number of nitrogens with one attached hydrogen (secondary N) is 2. The van der Waals surface area contributed by atoms with E-state index < -0.39 is 0 Å². The molecule has 3 rings (SSSR count). The van der Waals surface area contributed by atoms with E-state index in [-0.39, 0.29) is 5.54 Å². The SMILES string of the molecule is CCOc1cccc2c1NCC(C)(C1CC1)N2. The van der Waals surface area contributed by atoms with Gasteiger partial charge in [-0.2, -0.15) is 0 Å². The van der Waals surface area contributed by atoms with Crippen molar-refractivity contribution in [3.8, 4) is 5.75 Å². The molecule has 1 unspecified atom stereocenters. The third kappa shape index (κ3) is 1.84. The molecule has 1 aliphatic heterocycles. The molecular weight excluding hydrogens is 212 g/mol. The fraction of sp³-hybridized carbons (Fsp3) is 0.571. The molecule has 1 heterocycles. The maximum absolute atomic E-state index is 5.65. The second-order valence-corrected chi connectivity index (χ2v) is 5.28. The average molecular weight is 232 g/mol. The summed E-state index contributed by atoms with van der Waals surface area (Å²) in [5.41, 5.74) is 2.50. The number of hydrogen-bond acceptors (Lipinski definition) is 3. The van der Waals surface area contributed by atoms with Gasteiger partial charge in [0.2, 0.25) is 0 Å². The Kier molecular flexibility index (Phi) is 2.42. The summed E-state index contributed by atoms with van der Waals surface area (Å²) in [7, 11) is 0. The zero-order valence-corrected chi connectivity index (χ0v) is 10.5. The van der Waals surface area contributed by atoms with E-state index in [0.29, 0.717) is 6.61 Å². The first-order chi connectivity index (χ1) is 8.23. The Morgan fingerprint density at radius 2 is 2.24 bits per heavy atom. The van der Waals surface area contributed by atoms with Gasteiger partial charge in [-0.3, -0.25) is 0 Å². The van der Waals surface area contributed by atoms with Gasteiger partial charge in [0.15, 0.2) is 0 Å². The van der Waals surface area contributed by atoms with Gasteiger partial charge < -0.3 is 15.4 Å². The summed E-state index contributed by atoms with van der Waals surface area (Å²) in [6.07, 6.45) is 2.71. The van der Waals surface area contributed by atoms with Gasteiger partial charge in [0.05, 0.1) is 17.8 Å². The molecule has 0 saturated heterocycles. The molecule has 0 bridgehead atoms. The molecule has 1 aromatic carbocycles. The second kappa shape index (κ2) is 3.83. The van der Waals surface area contributed by atoms with Crippen molar-refractivity contribution in [3.63, 3.8) is 0 Å². The molecular formula is C14H20N2O. The van der Waals surface area contributed by atoms with E-state index in [9.17, 15) is 0 Å². The van der Waals surface area contributed by atoms with E-state index in [4.69, 9.17) is 4.74 Å². The quantitative estimate of drug-likeness (QED) is 0.840. The van der Waals surface area contributed by atoms with Gasteiger partial charge in [-0.25, -0.2) is 0 Å². The van der Waals surface area contributed by atoms with Gasteiger partial charge in [0.25, 0.3) is 0 Å². The molecule has 1 saturated carbocycles.